The van der Waals surface area contributed by atoms with Gasteiger partial charge in [-0.3, -0.25) is 19.6 Å². The maximum Gasteiger partial charge on any atom is 0.247 e. The van der Waals surface area contributed by atoms with Gasteiger partial charge in [0.15, 0.2) is 0 Å². The highest BCUT2D eigenvalue weighted by Crippen LogP contribution is 2.45. The second-order valence-corrected chi connectivity index (χ2v) is 9.48. The maximum atomic E-state index is 12.3. The van der Waals surface area contributed by atoms with Gasteiger partial charge in [0, 0.05) is 35.9 Å². The highest BCUT2D eigenvalue weighted by Gasteiger charge is 2.38. The molecule has 0 unspecified atom stereocenters. The first kappa shape index (κ1) is 22.1. The fourth-order valence-corrected chi connectivity index (χ4v) is 4.88. The van der Waals surface area contributed by atoms with Gasteiger partial charge in [-0.1, -0.05) is 60.7 Å². The summed E-state index contributed by atoms with van der Waals surface area (Å²) in [5.74, 6) is 0.179. The zero-order valence-corrected chi connectivity index (χ0v) is 20.4. The summed E-state index contributed by atoms with van der Waals surface area (Å²) in [5.41, 5.74) is 9.76. The quantitative estimate of drug-likeness (QED) is 0.278. The normalized spacial score (nSPS) is 14.1. The molecule has 0 N–H and O–H groups in total. The molecule has 2 aliphatic heterocycles. The van der Waals surface area contributed by atoms with E-state index in [0.29, 0.717) is 13.1 Å². The lowest BCUT2D eigenvalue weighted by molar-refractivity contribution is -0.110. The summed E-state index contributed by atoms with van der Waals surface area (Å²) in [6.07, 6.45) is 7.20. The van der Waals surface area contributed by atoms with E-state index in [1.165, 1.54) is 0 Å². The second kappa shape index (κ2) is 8.78. The number of carbonyl (C=O) groups excluding carboxylic acids is 2. The third-order valence-corrected chi connectivity index (χ3v) is 7.06. The van der Waals surface area contributed by atoms with Gasteiger partial charge in [0.2, 0.25) is 11.8 Å². The Labute approximate surface area is 219 Å². The van der Waals surface area contributed by atoms with Gasteiger partial charge in [0.1, 0.15) is 13.1 Å². The van der Waals surface area contributed by atoms with E-state index >= 15 is 0 Å². The number of carbonyl (C=O) groups is 2. The van der Waals surface area contributed by atoms with Gasteiger partial charge in [0.05, 0.1) is 11.4 Å². The molecule has 2 aliphatic rings. The molecule has 2 saturated heterocycles. The molecule has 2 amide bonds. The van der Waals surface area contributed by atoms with Crippen LogP contribution in [-0.2, 0) is 9.59 Å². The minimum atomic E-state index is 0.0895. The van der Waals surface area contributed by atoms with Crippen molar-refractivity contribution in [1.29, 1.82) is 0 Å². The maximum absolute atomic E-state index is 12.3. The minimum Gasteiger partial charge on any atom is -0.301 e. The standard InChI is InChI=1S/C32H22N4O2/c37-31-19-35(31)29-16-28(24-11-7-22(8-12-24)26-4-2-14-34-18-26)30(36-20-32(36)38)15-27(29)23-9-5-21(6-10-23)25-3-1-13-33-17-25/h1-18H,19-20H2. The Morgan fingerprint density at radius 3 is 1.18 bits per heavy atom. The summed E-state index contributed by atoms with van der Waals surface area (Å²) < 4.78 is 0. The molecule has 0 saturated carbocycles. The number of hydrogen-bond acceptors (Lipinski definition) is 4. The molecule has 6 heteroatoms. The Morgan fingerprint density at radius 1 is 0.500 bits per heavy atom. The van der Waals surface area contributed by atoms with E-state index in [-0.39, 0.29) is 11.8 Å². The summed E-state index contributed by atoms with van der Waals surface area (Å²) in [4.78, 5) is 36.6. The van der Waals surface area contributed by atoms with Crippen molar-refractivity contribution in [3.8, 4) is 44.5 Å². The van der Waals surface area contributed by atoms with Crippen molar-refractivity contribution in [2.24, 2.45) is 0 Å². The van der Waals surface area contributed by atoms with Crippen LogP contribution in [0.2, 0.25) is 0 Å². The van der Waals surface area contributed by atoms with Crippen LogP contribution < -0.4 is 9.80 Å². The first-order chi connectivity index (χ1) is 18.7. The number of rotatable bonds is 6. The number of pyridine rings is 2. The third kappa shape index (κ3) is 4.02. The van der Waals surface area contributed by atoms with Crippen LogP contribution in [0, 0.1) is 0 Å². The van der Waals surface area contributed by atoms with Gasteiger partial charge in [-0.2, -0.15) is 0 Å². The first-order valence-electron chi connectivity index (χ1n) is 12.5. The molecule has 182 valence electrons. The third-order valence-electron chi connectivity index (χ3n) is 7.06. The molecule has 0 radical (unpaired) electrons. The Kier molecular flexibility index (Phi) is 5.11. The van der Waals surface area contributed by atoms with Crippen molar-refractivity contribution < 1.29 is 9.59 Å². The highest BCUT2D eigenvalue weighted by molar-refractivity contribution is 6.18. The molecule has 0 bridgehead atoms. The largest absolute Gasteiger partial charge is 0.301 e. The van der Waals surface area contributed by atoms with Gasteiger partial charge in [0.25, 0.3) is 0 Å². The number of benzene rings is 3. The summed E-state index contributed by atoms with van der Waals surface area (Å²) in [7, 11) is 0. The average molecular weight is 495 g/mol. The lowest BCUT2D eigenvalue weighted by atomic mass is 9.94. The topological polar surface area (TPSA) is 65.9 Å². The summed E-state index contributed by atoms with van der Waals surface area (Å²) in [6.45, 7) is 0.782. The zero-order valence-electron chi connectivity index (χ0n) is 20.4. The molecular formula is C32H22N4O2. The fourth-order valence-electron chi connectivity index (χ4n) is 4.88. The van der Waals surface area contributed by atoms with Crippen LogP contribution in [-0.4, -0.2) is 34.9 Å². The average Bonchev–Trinajstić information content (AvgIpc) is 3.90. The number of aromatic nitrogens is 2. The van der Waals surface area contributed by atoms with E-state index in [1.54, 1.807) is 22.2 Å². The number of hydrogen-bond donors (Lipinski definition) is 0. The van der Waals surface area contributed by atoms with Gasteiger partial charge < -0.3 is 9.80 Å². The smallest absolute Gasteiger partial charge is 0.247 e. The molecule has 0 atom stereocenters. The van der Waals surface area contributed by atoms with Crippen molar-refractivity contribution in [1.82, 2.24) is 9.97 Å². The van der Waals surface area contributed by atoms with E-state index in [1.807, 2.05) is 36.7 Å². The molecule has 5 aromatic rings. The fraction of sp³-hybridized carbons (Fsp3) is 0.0625. The van der Waals surface area contributed by atoms with Gasteiger partial charge in [-0.25, -0.2) is 0 Å². The molecular weight excluding hydrogens is 472 g/mol. The van der Waals surface area contributed by atoms with Crippen molar-refractivity contribution in [3.63, 3.8) is 0 Å². The van der Waals surface area contributed by atoms with E-state index in [2.05, 4.69) is 70.6 Å². The zero-order chi connectivity index (χ0) is 25.6. The SMILES string of the molecule is O=C1CN1c1cc(-c2ccc(-c3cccnc3)cc2)c(N2CC2=O)cc1-c1ccc(-c2cccnc2)cc1. The van der Waals surface area contributed by atoms with Gasteiger partial charge >= 0.3 is 0 Å². The number of nitrogens with zero attached hydrogens (tertiary/aromatic N) is 4. The molecule has 0 aliphatic carbocycles. The minimum absolute atomic E-state index is 0.0895. The van der Waals surface area contributed by atoms with Crippen molar-refractivity contribution in [3.05, 3.63) is 110 Å². The van der Waals surface area contributed by atoms with Crippen LogP contribution in [0.1, 0.15) is 0 Å². The van der Waals surface area contributed by atoms with Crippen LogP contribution in [0.15, 0.2) is 110 Å². The van der Waals surface area contributed by atoms with E-state index in [4.69, 9.17) is 0 Å². The number of amides is 2. The van der Waals surface area contributed by atoms with Crippen molar-refractivity contribution >= 4 is 23.2 Å². The van der Waals surface area contributed by atoms with Crippen LogP contribution in [0.5, 0.6) is 0 Å². The first-order valence-corrected chi connectivity index (χ1v) is 12.5. The molecule has 3 aromatic carbocycles. The summed E-state index contributed by atoms with van der Waals surface area (Å²) in [5, 5.41) is 0. The van der Waals surface area contributed by atoms with Gasteiger partial charge in [-0.05, 0) is 57.6 Å². The van der Waals surface area contributed by atoms with Crippen molar-refractivity contribution in [2.75, 3.05) is 22.9 Å². The molecule has 0 spiro atoms. The molecule has 38 heavy (non-hydrogen) atoms. The number of anilines is 2. The predicted molar refractivity (Wildman–Crippen MR) is 148 cm³/mol. The van der Waals surface area contributed by atoms with Crippen LogP contribution in [0.3, 0.4) is 0 Å². The lowest BCUT2D eigenvalue weighted by Gasteiger charge is -2.18. The predicted octanol–water partition coefficient (Wildman–Crippen LogP) is 5.84. The summed E-state index contributed by atoms with van der Waals surface area (Å²) in [6, 6.07) is 28.5. The van der Waals surface area contributed by atoms with Crippen LogP contribution in [0.25, 0.3) is 44.5 Å². The Morgan fingerprint density at radius 2 is 0.868 bits per heavy atom. The molecule has 7 rings (SSSR count). The molecule has 4 heterocycles. The Bertz CT molecular complexity index is 1550. The lowest BCUT2D eigenvalue weighted by Crippen LogP contribution is -2.02. The highest BCUT2D eigenvalue weighted by atomic mass is 16.2. The van der Waals surface area contributed by atoms with Gasteiger partial charge in [-0.15, -0.1) is 0 Å². The Hall–Kier alpha value is -5.10. The van der Waals surface area contributed by atoms with Crippen LogP contribution >= 0.6 is 0 Å². The monoisotopic (exact) mass is 494 g/mol. The van der Waals surface area contributed by atoms with E-state index in [0.717, 1.165) is 55.9 Å². The molecule has 2 aromatic heterocycles. The Balaban J connectivity index is 1.33. The van der Waals surface area contributed by atoms with E-state index < -0.39 is 0 Å². The second-order valence-electron chi connectivity index (χ2n) is 9.48. The van der Waals surface area contributed by atoms with Crippen LogP contribution in [0.4, 0.5) is 11.4 Å². The van der Waals surface area contributed by atoms with Crippen molar-refractivity contribution in [2.45, 2.75) is 0 Å². The van der Waals surface area contributed by atoms with E-state index in [9.17, 15) is 9.59 Å². The molecule has 2 fully saturated rings. The molecule has 6 nitrogen and oxygen atoms in total. The summed E-state index contributed by atoms with van der Waals surface area (Å²) >= 11 is 0.